The minimum absolute atomic E-state index is 0.0943. The Balaban J connectivity index is 2.29. The van der Waals surface area contributed by atoms with Crippen molar-refractivity contribution in [2.24, 2.45) is 0 Å². The summed E-state index contributed by atoms with van der Waals surface area (Å²) in [6.45, 7) is 3.61. The van der Waals surface area contributed by atoms with E-state index in [1.54, 1.807) is 13.8 Å². The number of aromatic hydroxyl groups is 1. The molecule has 2 heterocycles. The number of hydrogen-bond donors (Lipinski definition) is 3. The summed E-state index contributed by atoms with van der Waals surface area (Å²) in [7, 11) is 1.34. The molecule has 26 heavy (non-hydrogen) atoms. The van der Waals surface area contributed by atoms with E-state index < -0.39 is 28.3 Å². The fraction of sp³-hybridized carbons (Fsp3) is 0.375. The van der Waals surface area contributed by atoms with E-state index in [-0.39, 0.29) is 28.9 Å². The minimum atomic E-state index is -1.68. The number of methoxy groups -OCH3 is 1. The highest BCUT2D eigenvalue weighted by molar-refractivity contribution is 5.98. The third-order valence-corrected chi connectivity index (χ3v) is 4.41. The highest BCUT2D eigenvalue weighted by Gasteiger charge is 2.48. The van der Waals surface area contributed by atoms with Crippen LogP contribution in [0.5, 0.6) is 11.5 Å². The van der Waals surface area contributed by atoms with Crippen LogP contribution in [0.2, 0.25) is 0 Å². The molecule has 10 nitrogen and oxygen atoms in total. The first kappa shape index (κ1) is 17.5. The zero-order valence-corrected chi connectivity index (χ0v) is 14.3. The topological polar surface area (TPSA) is 139 Å². The van der Waals surface area contributed by atoms with Gasteiger partial charge in [-0.25, -0.2) is 0 Å². The Labute approximate surface area is 147 Å². The molecule has 0 aliphatic carbocycles. The van der Waals surface area contributed by atoms with Gasteiger partial charge in [0, 0.05) is 11.0 Å². The summed E-state index contributed by atoms with van der Waals surface area (Å²) >= 11 is 0. The highest BCUT2D eigenvalue weighted by atomic mass is 16.6. The monoisotopic (exact) mass is 362 g/mol. The number of benzene rings is 1. The first-order valence-corrected chi connectivity index (χ1v) is 7.92. The van der Waals surface area contributed by atoms with Gasteiger partial charge in [-0.15, -0.1) is 0 Å². The molecule has 0 spiro atoms. The van der Waals surface area contributed by atoms with Crippen LogP contribution in [-0.4, -0.2) is 38.9 Å². The Bertz CT molecular complexity index is 945. The van der Waals surface area contributed by atoms with Gasteiger partial charge in [0.25, 0.3) is 5.56 Å². The molecule has 1 aromatic heterocycles. The Morgan fingerprint density at radius 2 is 2.04 bits per heavy atom. The first-order chi connectivity index (χ1) is 12.3. The number of nitrogens with one attached hydrogen (secondary N) is 2. The molecule has 2 atom stereocenters. The van der Waals surface area contributed by atoms with Crippen LogP contribution in [0.1, 0.15) is 36.9 Å². The molecule has 3 N–H and O–H groups in total. The number of rotatable bonds is 4. The fourth-order valence-electron chi connectivity index (χ4n) is 3.22. The Morgan fingerprint density at radius 3 is 2.62 bits per heavy atom. The second-order valence-electron chi connectivity index (χ2n) is 6.30. The zero-order chi connectivity index (χ0) is 19.2. The molecular weight excluding hydrogens is 344 g/mol. The molecule has 1 amide bonds. The third kappa shape index (κ3) is 2.59. The molecular formula is C16H18N4O6. The van der Waals surface area contributed by atoms with Gasteiger partial charge in [0.15, 0.2) is 11.5 Å². The summed E-state index contributed by atoms with van der Waals surface area (Å²) in [6.07, 6.45) is 0. The lowest BCUT2D eigenvalue weighted by Crippen LogP contribution is -2.45. The second-order valence-corrected chi connectivity index (χ2v) is 6.30. The molecule has 0 fully saturated rings. The normalized spacial score (nSPS) is 19.2. The van der Waals surface area contributed by atoms with Crippen LogP contribution in [-0.2, 0) is 4.79 Å². The van der Waals surface area contributed by atoms with Crippen molar-refractivity contribution in [2.45, 2.75) is 31.8 Å². The van der Waals surface area contributed by atoms with E-state index in [4.69, 9.17) is 4.74 Å². The lowest BCUT2D eigenvalue weighted by molar-refractivity contribution is -0.509. The molecule has 1 aliphatic rings. The summed E-state index contributed by atoms with van der Waals surface area (Å²) < 4.78 is 6.52. The number of fused-ring (bicyclic) bond motifs is 1. The molecule has 0 radical (unpaired) electrons. The van der Waals surface area contributed by atoms with Crippen molar-refractivity contribution in [2.75, 3.05) is 12.4 Å². The fourth-order valence-corrected chi connectivity index (χ4v) is 3.22. The van der Waals surface area contributed by atoms with Crippen molar-refractivity contribution in [1.82, 2.24) is 9.78 Å². The maximum atomic E-state index is 12.5. The van der Waals surface area contributed by atoms with Crippen molar-refractivity contribution < 1.29 is 19.6 Å². The van der Waals surface area contributed by atoms with Gasteiger partial charge < -0.3 is 15.2 Å². The largest absolute Gasteiger partial charge is 0.504 e. The smallest absolute Gasteiger partial charge is 0.301 e. The van der Waals surface area contributed by atoms with Crippen molar-refractivity contribution in [3.63, 3.8) is 0 Å². The number of phenolic OH excluding ortho intramolecular Hbond substituents is 1. The summed E-state index contributed by atoms with van der Waals surface area (Å²) in [4.78, 5) is 35.8. The first-order valence-electron chi connectivity index (χ1n) is 7.92. The van der Waals surface area contributed by atoms with Crippen LogP contribution < -0.4 is 15.6 Å². The van der Waals surface area contributed by atoms with E-state index in [1.807, 2.05) is 0 Å². The Hall–Kier alpha value is -3.30. The van der Waals surface area contributed by atoms with Gasteiger partial charge in [0.1, 0.15) is 5.82 Å². The number of nitrogens with zero attached hydrogens (tertiary/aromatic N) is 2. The number of aromatic nitrogens is 2. The molecule has 0 saturated heterocycles. The number of carbonyl (C=O) groups excluding carboxylic acids is 1. The summed E-state index contributed by atoms with van der Waals surface area (Å²) in [5.74, 6) is -1.77. The van der Waals surface area contributed by atoms with E-state index in [9.17, 15) is 24.8 Å². The number of hydrogen-bond acceptors (Lipinski definition) is 6. The van der Waals surface area contributed by atoms with Gasteiger partial charge >= 0.3 is 11.9 Å². The predicted octanol–water partition coefficient (Wildman–Crippen LogP) is 1.20. The number of amides is 1. The average molecular weight is 362 g/mol. The summed E-state index contributed by atoms with van der Waals surface area (Å²) in [6, 6.07) is 2.29. The maximum absolute atomic E-state index is 12.5. The number of nitro groups is 1. The number of aromatic amines is 1. The second kappa shape index (κ2) is 6.21. The van der Waals surface area contributed by atoms with E-state index in [0.717, 1.165) is 0 Å². The summed E-state index contributed by atoms with van der Waals surface area (Å²) in [5, 5.41) is 26.4. The van der Waals surface area contributed by atoms with Crippen molar-refractivity contribution >= 4 is 11.7 Å². The summed E-state index contributed by atoms with van der Waals surface area (Å²) in [5.41, 5.74) is -0.0882. The quantitative estimate of drug-likeness (QED) is 0.551. The number of phenols is 1. The number of H-pyrrole nitrogens is 1. The molecule has 1 aliphatic heterocycles. The highest BCUT2D eigenvalue weighted by Crippen LogP contribution is 2.40. The lowest BCUT2D eigenvalue weighted by Gasteiger charge is -2.26. The standard InChI is InChI=1S/C16H18N4O6/c1-7(2)19-14-12(15(22)18-19)11(13(20(24)25)16(23)17-14)8-4-5-9(21)10(6-8)26-3/h4-7,11,13,21H,1-3H3,(H,17,23)(H,18,22)/t11-,13-/m0/s1. The van der Waals surface area contributed by atoms with Crippen molar-refractivity contribution in [1.29, 1.82) is 0 Å². The van der Waals surface area contributed by atoms with Gasteiger partial charge in [-0.05, 0) is 31.5 Å². The molecule has 2 aromatic rings. The van der Waals surface area contributed by atoms with Gasteiger partial charge in [0.2, 0.25) is 0 Å². The van der Waals surface area contributed by atoms with Crippen molar-refractivity contribution in [3.05, 3.63) is 49.8 Å². The molecule has 138 valence electrons. The van der Waals surface area contributed by atoms with Crippen LogP contribution in [0.4, 0.5) is 5.82 Å². The van der Waals surface area contributed by atoms with Gasteiger partial charge in [-0.3, -0.25) is 29.5 Å². The number of ether oxygens (including phenoxy) is 1. The van der Waals surface area contributed by atoms with Crippen LogP contribution in [0.25, 0.3) is 0 Å². The zero-order valence-electron chi connectivity index (χ0n) is 14.3. The van der Waals surface area contributed by atoms with Crippen molar-refractivity contribution in [3.8, 4) is 11.5 Å². The molecule has 0 unspecified atom stereocenters. The number of anilines is 1. The Morgan fingerprint density at radius 1 is 1.35 bits per heavy atom. The van der Waals surface area contributed by atoms with Crippen LogP contribution in [0.3, 0.4) is 0 Å². The molecule has 0 saturated carbocycles. The SMILES string of the molecule is COc1cc([C@H]2c3c(n(C(C)C)[nH]c3=O)NC(=O)[C@H]2[N+](=O)[O-])ccc1O. The van der Waals surface area contributed by atoms with E-state index in [0.29, 0.717) is 5.56 Å². The lowest BCUT2D eigenvalue weighted by atomic mass is 9.83. The maximum Gasteiger partial charge on any atom is 0.301 e. The van der Waals surface area contributed by atoms with E-state index in [1.165, 1.54) is 30.0 Å². The van der Waals surface area contributed by atoms with Crippen LogP contribution >= 0.6 is 0 Å². The number of carbonyl (C=O) groups is 1. The van der Waals surface area contributed by atoms with Gasteiger partial charge in [-0.1, -0.05) is 6.07 Å². The molecule has 3 rings (SSSR count). The van der Waals surface area contributed by atoms with Gasteiger partial charge in [0.05, 0.1) is 18.6 Å². The third-order valence-electron chi connectivity index (χ3n) is 4.41. The van der Waals surface area contributed by atoms with Gasteiger partial charge in [-0.2, -0.15) is 0 Å². The average Bonchev–Trinajstić information content (AvgIpc) is 2.90. The molecule has 0 bridgehead atoms. The molecule has 10 heteroatoms. The minimum Gasteiger partial charge on any atom is -0.504 e. The van der Waals surface area contributed by atoms with Crippen LogP contribution in [0, 0.1) is 10.1 Å². The Kier molecular flexibility index (Phi) is 4.18. The van der Waals surface area contributed by atoms with Crippen LogP contribution in [0.15, 0.2) is 23.0 Å². The van der Waals surface area contributed by atoms with E-state index >= 15 is 0 Å². The molecule has 1 aromatic carbocycles. The van der Waals surface area contributed by atoms with E-state index in [2.05, 4.69) is 10.4 Å². The predicted molar refractivity (Wildman–Crippen MR) is 91.4 cm³/mol.